The van der Waals surface area contributed by atoms with Gasteiger partial charge in [0.1, 0.15) is 0 Å². The van der Waals surface area contributed by atoms with E-state index in [-0.39, 0.29) is 17.4 Å². The second kappa shape index (κ2) is 6.56. The number of aliphatic hydroxyl groups is 1. The summed E-state index contributed by atoms with van der Waals surface area (Å²) in [6.07, 6.45) is 2.41. The molecule has 5 nitrogen and oxygen atoms in total. The summed E-state index contributed by atoms with van der Waals surface area (Å²) in [6.45, 7) is 2.81. The first-order valence-electron chi connectivity index (χ1n) is 7.11. The van der Waals surface area contributed by atoms with Gasteiger partial charge in [-0.05, 0) is 55.9 Å². The van der Waals surface area contributed by atoms with Crippen molar-refractivity contribution < 1.29 is 13.5 Å². The minimum Gasteiger partial charge on any atom is -0.396 e. The summed E-state index contributed by atoms with van der Waals surface area (Å²) in [7, 11) is -3.52. The van der Waals surface area contributed by atoms with Crippen molar-refractivity contribution in [2.45, 2.75) is 31.1 Å². The maximum atomic E-state index is 12.7. The maximum Gasteiger partial charge on any atom is 0.243 e. The lowest BCUT2D eigenvalue weighted by Gasteiger charge is -2.31. The fourth-order valence-electron chi connectivity index (χ4n) is 2.73. The fraction of sp³-hybridized carbons (Fsp3) is 0.533. The van der Waals surface area contributed by atoms with Gasteiger partial charge in [0.05, 0.1) is 16.5 Å². The normalized spacial score (nSPS) is 20.1. The molecule has 6 heteroatoms. The van der Waals surface area contributed by atoms with E-state index in [4.69, 9.17) is 10.4 Å². The molecule has 0 spiro atoms. The molecule has 0 aromatic heterocycles. The van der Waals surface area contributed by atoms with Crippen LogP contribution in [0.15, 0.2) is 23.1 Å². The first kappa shape index (κ1) is 16.0. The zero-order valence-electron chi connectivity index (χ0n) is 12.1. The van der Waals surface area contributed by atoms with Crippen LogP contribution in [0, 0.1) is 24.2 Å². The van der Waals surface area contributed by atoms with Crippen LogP contribution in [0.25, 0.3) is 0 Å². The quantitative estimate of drug-likeness (QED) is 0.917. The van der Waals surface area contributed by atoms with E-state index in [1.807, 2.05) is 6.07 Å². The number of sulfonamides is 1. The summed E-state index contributed by atoms with van der Waals surface area (Å²) in [6, 6.07) is 6.65. The first-order chi connectivity index (χ1) is 9.98. The molecule has 1 fully saturated rings. The van der Waals surface area contributed by atoms with Crippen LogP contribution in [-0.4, -0.2) is 37.5 Å². The van der Waals surface area contributed by atoms with Crippen LogP contribution in [0.1, 0.15) is 30.4 Å². The second-order valence-corrected chi connectivity index (χ2v) is 7.41. The van der Waals surface area contributed by atoms with E-state index in [0.717, 1.165) is 12.8 Å². The van der Waals surface area contributed by atoms with Crippen LogP contribution in [0.5, 0.6) is 0 Å². The van der Waals surface area contributed by atoms with Gasteiger partial charge in [0, 0.05) is 19.7 Å². The van der Waals surface area contributed by atoms with Gasteiger partial charge in [-0.25, -0.2) is 8.42 Å². The Labute approximate surface area is 125 Å². The molecule has 1 unspecified atom stereocenters. The number of aryl methyl sites for hydroxylation is 1. The van der Waals surface area contributed by atoms with E-state index >= 15 is 0 Å². The molecule has 2 rings (SSSR count). The molecule has 1 aromatic rings. The van der Waals surface area contributed by atoms with Crippen molar-refractivity contribution in [3.63, 3.8) is 0 Å². The summed E-state index contributed by atoms with van der Waals surface area (Å²) in [4.78, 5) is 0.239. The van der Waals surface area contributed by atoms with Crippen molar-refractivity contribution in [3.05, 3.63) is 29.3 Å². The van der Waals surface area contributed by atoms with Crippen molar-refractivity contribution >= 4 is 10.0 Å². The Morgan fingerprint density at radius 3 is 2.86 bits per heavy atom. The Morgan fingerprint density at radius 2 is 2.24 bits per heavy atom. The monoisotopic (exact) mass is 308 g/mol. The molecule has 1 N–H and O–H groups in total. The lowest BCUT2D eigenvalue weighted by Crippen LogP contribution is -2.40. The Morgan fingerprint density at radius 1 is 1.48 bits per heavy atom. The lowest BCUT2D eigenvalue weighted by molar-refractivity contribution is 0.203. The van der Waals surface area contributed by atoms with Gasteiger partial charge in [-0.1, -0.05) is 0 Å². The molecule has 1 atom stereocenters. The Kier molecular flexibility index (Phi) is 4.99. The third-order valence-electron chi connectivity index (χ3n) is 3.98. The van der Waals surface area contributed by atoms with Gasteiger partial charge in [-0.15, -0.1) is 0 Å². The largest absolute Gasteiger partial charge is 0.396 e. The molecule has 1 aliphatic heterocycles. The zero-order valence-corrected chi connectivity index (χ0v) is 12.9. The number of aliphatic hydroxyl groups excluding tert-OH is 1. The number of hydrogen-bond acceptors (Lipinski definition) is 4. The van der Waals surface area contributed by atoms with Crippen LogP contribution in [0.2, 0.25) is 0 Å². The van der Waals surface area contributed by atoms with Crippen molar-refractivity contribution in [1.29, 1.82) is 5.26 Å². The smallest absolute Gasteiger partial charge is 0.243 e. The fourth-order valence-corrected chi connectivity index (χ4v) is 4.37. The highest BCUT2D eigenvalue weighted by atomic mass is 32.2. The lowest BCUT2D eigenvalue weighted by atomic mass is 9.97. The van der Waals surface area contributed by atoms with E-state index in [0.29, 0.717) is 30.6 Å². The van der Waals surface area contributed by atoms with E-state index in [9.17, 15) is 8.42 Å². The van der Waals surface area contributed by atoms with Crippen LogP contribution < -0.4 is 0 Å². The van der Waals surface area contributed by atoms with Gasteiger partial charge in [0.15, 0.2) is 0 Å². The molecule has 0 bridgehead atoms. The summed E-state index contributed by atoms with van der Waals surface area (Å²) in [5.41, 5.74) is 1.16. The summed E-state index contributed by atoms with van der Waals surface area (Å²) in [5.74, 6) is 0.220. The van der Waals surface area contributed by atoms with E-state index in [1.165, 1.54) is 10.4 Å². The standard InChI is InChI=1S/C15H20N2O3S/c1-12-9-15(5-4-14(12)10-16)21(19,20)17-7-2-3-13(11-17)6-8-18/h4-5,9,13,18H,2-3,6-8,11H2,1H3. The number of benzene rings is 1. The molecule has 0 saturated carbocycles. The van der Waals surface area contributed by atoms with Crippen molar-refractivity contribution in [2.75, 3.05) is 19.7 Å². The predicted molar refractivity (Wildman–Crippen MR) is 79.1 cm³/mol. The van der Waals surface area contributed by atoms with Gasteiger partial charge in [-0.3, -0.25) is 0 Å². The number of hydrogen-bond donors (Lipinski definition) is 1. The summed E-state index contributed by atoms with van der Waals surface area (Å²) >= 11 is 0. The molecule has 1 aromatic carbocycles. The molecule has 0 radical (unpaired) electrons. The molecule has 0 amide bonds. The third-order valence-corrected chi connectivity index (χ3v) is 5.84. The SMILES string of the molecule is Cc1cc(S(=O)(=O)N2CCCC(CCO)C2)ccc1C#N. The first-order valence-corrected chi connectivity index (χ1v) is 8.55. The average molecular weight is 308 g/mol. The molecule has 1 saturated heterocycles. The van der Waals surface area contributed by atoms with E-state index in [2.05, 4.69) is 0 Å². The molecule has 1 heterocycles. The van der Waals surface area contributed by atoms with Gasteiger partial charge in [-0.2, -0.15) is 9.57 Å². The number of nitriles is 1. The third kappa shape index (κ3) is 3.43. The van der Waals surface area contributed by atoms with Crippen LogP contribution in [0.4, 0.5) is 0 Å². The van der Waals surface area contributed by atoms with Gasteiger partial charge in [0.25, 0.3) is 0 Å². The Balaban J connectivity index is 2.25. The number of nitrogens with zero attached hydrogens (tertiary/aromatic N) is 2. The van der Waals surface area contributed by atoms with Crippen LogP contribution >= 0.6 is 0 Å². The zero-order chi connectivity index (χ0) is 15.5. The summed E-state index contributed by atoms with van der Waals surface area (Å²) in [5, 5.41) is 17.9. The van der Waals surface area contributed by atoms with Crippen molar-refractivity contribution in [1.82, 2.24) is 4.31 Å². The molecule has 21 heavy (non-hydrogen) atoms. The predicted octanol–water partition coefficient (Wildman–Crippen LogP) is 1.65. The van der Waals surface area contributed by atoms with Gasteiger partial charge >= 0.3 is 0 Å². The second-order valence-electron chi connectivity index (χ2n) is 5.47. The van der Waals surface area contributed by atoms with Gasteiger partial charge in [0.2, 0.25) is 10.0 Å². The highest BCUT2D eigenvalue weighted by Crippen LogP contribution is 2.26. The Hall–Kier alpha value is -1.42. The molecule has 1 aliphatic rings. The molecular weight excluding hydrogens is 288 g/mol. The van der Waals surface area contributed by atoms with Crippen molar-refractivity contribution in [3.8, 4) is 6.07 Å². The van der Waals surface area contributed by atoms with E-state index < -0.39 is 10.0 Å². The topological polar surface area (TPSA) is 81.4 Å². The number of rotatable bonds is 4. The van der Waals surface area contributed by atoms with Crippen molar-refractivity contribution in [2.24, 2.45) is 5.92 Å². The van der Waals surface area contributed by atoms with Gasteiger partial charge < -0.3 is 5.11 Å². The average Bonchev–Trinajstić information content (AvgIpc) is 2.48. The highest BCUT2D eigenvalue weighted by Gasteiger charge is 2.30. The minimum atomic E-state index is -3.52. The Bertz CT molecular complexity index is 647. The molecular formula is C15H20N2O3S. The molecule has 0 aliphatic carbocycles. The summed E-state index contributed by atoms with van der Waals surface area (Å²) < 4.78 is 26.8. The van der Waals surface area contributed by atoms with Crippen LogP contribution in [-0.2, 0) is 10.0 Å². The maximum absolute atomic E-state index is 12.7. The van der Waals surface area contributed by atoms with E-state index in [1.54, 1.807) is 19.1 Å². The minimum absolute atomic E-state index is 0.0918. The van der Waals surface area contributed by atoms with Crippen LogP contribution in [0.3, 0.4) is 0 Å². The highest BCUT2D eigenvalue weighted by molar-refractivity contribution is 7.89. The molecule has 114 valence electrons. The number of piperidine rings is 1.